The number of halogens is 3. The third kappa shape index (κ3) is 8.38. The van der Waals surface area contributed by atoms with Gasteiger partial charge in [0.2, 0.25) is 0 Å². The smallest absolute Gasteiger partial charge is 0.455 e. The zero-order valence-corrected chi connectivity index (χ0v) is 33.5. The van der Waals surface area contributed by atoms with Gasteiger partial charge in [0.1, 0.15) is 28.4 Å². The van der Waals surface area contributed by atoms with Crippen LogP contribution in [0.2, 0.25) is 0 Å². The van der Waals surface area contributed by atoms with E-state index in [4.69, 9.17) is 18.9 Å². The standard InChI is InChI=1S/C24H16FNO.C17H9FINO.C7H9BO2.CH4/c1-15-8-10-16(11-9-15)22-20(25)13-12-18-17-5-4-6-19(23(17)27-24(18)22)21-7-2-3-14-26-21;18-13-8-7-11-10-4-3-5-12(14-6-1-2-9-20-14)16(10)21-17(11)15(13)19;1-6-2-4-7(5-3-6)8(9)10;/h2-14H,1H3;1-9H;2-5,9-10H,1H3;1H4. The van der Waals surface area contributed by atoms with E-state index in [1.807, 2.05) is 146 Å². The van der Waals surface area contributed by atoms with Crippen LogP contribution in [0.3, 0.4) is 0 Å². The number of para-hydroxylation sites is 2. The van der Waals surface area contributed by atoms with Crippen molar-refractivity contribution in [3.05, 3.63) is 184 Å². The molecule has 0 atom stereocenters. The minimum Gasteiger partial charge on any atom is -0.455 e. The van der Waals surface area contributed by atoms with Gasteiger partial charge in [-0.3, -0.25) is 9.97 Å². The summed E-state index contributed by atoms with van der Waals surface area (Å²) in [4.78, 5) is 8.82. The molecule has 0 spiro atoms. The number of fused-ring (bicyclic) bond motifs is 6. The number of aromatic nitrogens is 2. The summed E-state index contributed by atoms with van der Waals surface area (Å²) in [5.41, 5.74) is 10.2. The third-order valence-corrected chi connectivity index (χ3v) is 10.8. The van der Waals surface area contributed by atoms with E-state index in [-0.39, 0.29) is 19.1 Å². The Labute approximate surface area is 354 Å². The molecule has 292 valence electrons. The van der Waals surface area contributed by atoms with E-state index in [0.717, 1.165) is 71.9 Å². The lowest BCUT2D eigenvalue weighted by atomic mass is 9.80. The Balaban J connectivity index is 0.000000147. The second-order valence-corrected chi connectivity index (χ2v) is 14.8. The van der Waals surface area contributed by atoms with Gasteiger partial charge in [-0.05, 0) is 108 Å². The van der Waals surface area contributed by atoms with Crippen molar-refractivity contribution in [2.24, 2.45) is 0 Å². The molecule has 0 fully saturated rings. The number of hydrogen-bond donors (Lipinski definition) is 2. The Bertz CT molecular complexity index is 3030. The average molecular weight is 895 g/mol. The van der Waals surface area contributed by atoms with Crippen LogP contribution < -0.4 is 5.46 Å². The Morgan fingerprint density at radius 1 is 0.508 bits per heavy atom. The molecule has 0 bridgehead atoms. The normalized spacial score (nSPS) is 10.8. The van der Waals surface area contributed by atoms with Crippen LogP contribution in [0.4, 0.5) is 8.78 Å². The van der Waals surface area contributed by atoms with Gasteiger partial charge in [0.15, 0.2) is 5.58 Å². The first-order chi connectivity index (χ1) is 28.2. The maximum atomic E-state index is 14.8. The second kappa shape index (κ2) is 17.7. The molecule has 10 rings (SSSR count). The summed E-state index contributed by atoms with van der Waals surface area (Å²) in [7, 11) is -1.35. The van der Waals surface area contributed by atoms with Gasteiger partial charge in [0.05, 0.1) is 20.5 Å². The van der Waals surface area contributed by atoms with E-state index in [1.165, 1.54) is 12.1 Å². The van der Waals surface area contributed by atoms with E-state index in [0.29, 0.717) is 25.8 Å². The lowest BCUT2D eigenvalue weighted by Crippen LogP contribution is -2.29. The number of nitrogens with zero attached hydrogens (tertiary/aromatic N) is 2. The molecule has 2 N–H and O–H groups in total. The molecule has 0 saturated carbocycles. The zero-order valence-electron chi connectivity index (χ0n) is 31.3. The molecule has 0 aliphatic heterocycles. The van der Waals surface area contributed by atoms with Crippen molar-refractivity contribution in [2.45, 2.75) is 21.3 Å². The topological polar surface area (TPSA) is 92.5 Å². The molecule has 10 heteroatoms. The Morgan fingerprint density at radius 3 is 1.49 bits per heavy atom. The maximum absolute atomic E-state index is 14.8. The van der Waals surface area contributed by atoms with Gasteiger partial charge in [-0.25, -0.2) is 8.78 Å². The van der Waals surface area contributed by atoms with Crippen LogP contribution in [0, 0.1) is 29.1 Å². The highest BCUT2D eigenvalue weighted by molar-refractivity contribution is 14.1. The summed E-state index contributed by atoms with van der Waals surface area (Å²) in [5.74, 6) is -0.550. The first-order valence-electron chi connectivity index (χ1n) is 18.4. The van der Waals surface area contributed by atoms with Crippen molar-refractivity contribution in [1.29, 1.82) is 0 Å². The number of hydrogen-bond acceptors (Lipinski definition) is 6. The molecular weight excluding hydrogens is 856 g/mol. The number of rotatable bonds is 4. The number of aryl methyl sites for hydroxylation is 2. The van der Waals surface area contributed by atoms with E-state index in [1.54, 1.807) is 36.7 Å². The molecule has 0 aliphatic carbocycles. The van der Waals surface area contributed by atoms with E-state index in [2.05, 4.69) is 9.97 Å². The van der Waals surface area contributed by atoms with Crippen molar-refractivity contribution >= 4 is 79.0 Å². The highest BCUT2D eigenvalue weighted by atomic mass is 127. The predicted octanol–water partition coefficient (Wildman–Crippen LogP) is 12.5. The van der Waals surface area contributed by atoms with Crippen LogP contribution in [-0.4, -0.2) is 27.1 Å². The highest BCUT2D eigenvalue weighted by Gasteiger charge is 2.19. The van der Waals surface area contributed by atoms with Gasteiger partial charge in [0, 0.05) is 45.1 Å². The zero-order chi connectivity index (χ0) is 40.3. The second-order valence-electron chi connectivity index (χ2n) is 13.7. The van der Waals surface area contributed by atoms with Crippen molar-refractivity contribution in [2.75, 3.05) is 0 Å². The third-order valence-electron chi connectivity index (χ3n) is 9.77. The maximum Gasteiger partial charge on any atom is 0.488 e. The summed E-state index contributed by atoms with van der Waals surface area (Å²) in [6.45, 7) is 3.97. The molecule has 0 aliphatic rings. The van der Waals surface area contributed by atoms with Crippen molar-refractivity contribution in [3.63, 3.8) is 0 Å². The minimum absolute atomic E-state index is 0. The van der Waals surface area contributed by atoms with Gasteiger partial charge >= 0.3 is 7.12 Å². The van der Waals surface area contributed by atoms with Crippen LogP contribution in [0.15, 0.2) is 167 Å². The molecular formula is C49H38BF2IN2O4. The predicted molar refractivity (Wildman–Crippen MR) is 244 cm³/mol. The summed E-state index contributed by atoms with van der Waals surface area (Å²) >= 11 is 1.98. The molecule has 4 heterocycles. The van der Waals surface area contributed by atoms with Crippen LogP contribution in [0.25, 0.3) is 77.5 Å². The molecule has 0 saturated heterocycles. The fraction of sp³-hybridized carbons (Fsp3) is 0.0612. The summed E-state index contributed by atoms with van der Waals surface area (Å²) < 4.78 is 41.2. The van der Waals surface area contributed by atoms with Gasteiger partial charge in [-0.1, -0.05) is 103 Å². The van der Waals surface area contributed by atoms with Crippen LogP contribution in [-0.2, 0) is 0 Å². The lowest BCUT2D eigenvalue weighted by molar-refractivity contribution is 0.426. The first kappa shape index (κ1) is 41.0. The van der Waals surface area contributed by atoms with Crippen molar-refractivity contribution in [3.8, 4) is 33.6 Å². The molecule has 6 nitrogen and oxygen atoms in total. The van der Waals surface area contributed by atoms with Gasteiger partial charge in [-0.15, -0.1) is 0 Å². The average Bonchev–Trinajstić information content (AvgIpc) is 3.83. The quantitative estimate of drug-likeness (QED) is 0.135. The Kier molecular flexibility index (Phi) is 12.3. The van der Waals surface area contributed by atoms with Crippen molar-refractivity contribution < 1.29 is 27.7 Å². The highest BCUT2D eigenvalue weighted by Crippen LogP contribution is 2.41. The Hall–Kier alpha value is -6.21. The molecule has 0 amide bonds. The molecule has 6 aromatic carbocycles. The molecule has 4 aromatic heterocycles. The van der Waals surface area contributed by atoms with E-state index < -0.39 is 7.12 Å². The minimum atomic E-state index is -1.35. The van der Waals surface area contributed by atoms with Crippen LogP contribution in [0.5, 0.6) is 0 Å². The number of furan rings is 2. The monoisotopic (exact) mass is 894 g/mol. The van der Waals surface area contributed by atoms with E-state index >= 15 is 0 Å². The molecule has 10 aromatic rings. The first-order valence-corrected chi connectivity index (χ1v) is 19.5. The number of pyridine rings is 2. The summed E-state index contributed by atoms with van der Waals surface area (Å²) in [5, 5.41) is 21.1. The summed E-state index contributed by atoms with van der Waals surface area (Å²) in [6.07, 6.45) is 3.51. The Morgan fingerprint density at radius 2 is 0.983 bits per heavy atom. The van der Waals surface area contributed by atoms with Gasteiger partial charge in [-0.2, -0.15) is 0 Å². The molecule has 59 heavy (non-hydrogen) atoms. The summed E-state index contributed by atoms with van der Waals surface area (Å²) in [6, 6.07) is 44.9. The fourth-order valence-corrected chi connectivity index (χ4v) is 7.40. The molecule has 0 unspecified atom stereocenters. The molecule has 0 radical (unpaired) electrons. The SMILES string of the molecule is C.Cc1ccc(-c2c(F)ccc3c2oc2c(-c4ccccn4)cccc23)cc1.Cc1ccc(B(O)O)cc1.Fc1ccc2c(oc3c(-c4ccccn4)cccc32)c1I. The largest absolute Gasteiger partial charge is 0.488 e. The lowest BCUT2D eigenvalue weighted by Gasteiger charge is -2.05. The van der Waals surface area contributed by atoms with E-state index in [9.17, 15) is 8.78 Å². The van der Waals surface area contributed by atoms with Gasteiger partial charge < -0.3 is 18.9 Å². The van der Waals surface area contributed by atoms with Crippen LogP contribution in [0.1, 0.15) is 18.6 Å². The van der Waals surface area contributed by atoms with Gasteiger partial charge in [0.25, 0.3) is 0 Å². The van der Waals surface area contributed by atoms with Crippen LogP contribution >= 0.6 is 22.6 Å². The van der Waals surface area contributed by atoms with Crippen molar-refractivity contribution in [1.82, 2.24) is 9.97 Å². The fourth-order valence-electron chi connectivity index (χ4n) is 6.82. The number of benzene rings is 6.